The van der Waals surface area contributed by atoms with E-state index in [1.807, 2.05) is 0 Å². The van der Waals surface area contributed by atoms with Gasteiger partial charge < -0.3 is 0 Å². The molecule has 126 valence electrons. The van der Waals surface area contributed by atoms with Crippen molar-refractivity contribution in [1.82, 2.24) is 0 Å². The fraction of sp³-hybridized carbons (Fsp3) is 0.0833. The van der Waals surface area contributed by atoms with Crippen molar-refractivity contribution < 1.29 is 26.2 Å². The predicted molar refractivity (Wildman–Crippen MR) is 115 cm³/mol. The molecule has 0 amide bonds. The predicted octanol–water partition coefficient (Wildman–Crippen LogP) is 6.63. The van der Waals surface area contributed by atoms with E-state index in [1.54, 1.807) is 0 Å². The van der Waals surface area contributed by atoms with Crippen molar-refractivity contribution in [2.45, 2.75) is 0 Å². The van der Waals surface area contributed by atoms with Crippen LogP contribution in [0.2, 0.25) is 0 Å². The van der Waals surface area contributed by atoms with Crippen molar-refractivity contribution in [2.75, 3.05) is 13.3 Å². The number of hydrogen-bond donors (Lipinski definition) is 0. The largest absolute Gasteiger partial charge is 2.00 e. The van der Waals surface area contributed by atoms with Crippen molar-refractivity contribution in [3.63, 3.8) is 0 Å². The van der Waals surface area contributed by atoms with Gasteiger partial charge in [0, 0.05) is 0 Å². The Labute approximate surface area is 175 Å². The van der Waals surface area contributed by atoms with Crippen LogP contribution in [0.5, 0.6) is 0 Å². The summed E-state index contributed by atoms with van der Waals surface area (Å²) in [6, 6.07) is 32.4. The van der Waals surface area contributed by atoms with Crippen LogP contribution < -0.4 is 5.30 Å². The fourth-order valence-electron chi connectivity index (χ4n) is 3.30. The smallest absolute Gasteiger partial charge is 0.161 e. The Kier molecular flexibility index (Phi) is 6.23. The Hall–Kier alpha value is -1.55. The molecular formula is C24H21PZr. The Morgan fingerprint density at radius 1 is 0.615 bits per heavy atom. The molecule has 0 aliphatic rings. The minimum absolute atomic E-state index is 0. The molecule has 5 aromatic rings. The summed E-state index contributed by atoms with van der Waals surface area (Å²) in [5.74, 6) is 0. The Morgan fingerprint density at radius 3 is 1.65 bits per heavy atom. The topological polar surface area (TPSA) is 0 Å². The molecule has 0 radical (unpaired) electrons. The molecular weight excluding hydrogens is 410 g/mol. The van der Waals surface area contributed by atoms with Crippen molar-refractivity contribution in [2.24, 2.45) is 0 Å². The molecule has 0 fully saturated rings. The van der Waals surface area contributed by atoms with E-state index in [4.69, 9.17) is 0 Å². The van der Waals surface area contributed by atoms with Gasteiger partial charge in [-0.2, -0.15) is 6.07 Å². The molecule has 5 aromatic carbocycles. The first kappa shape index (κ1) is 19.2. The van der Waals surface area contributed by atoms with Crippen LogP contribution in [0.15, 0.2) is 91.0 Å². The van der Waals surface area contributed by atoms with Crippen LogP contribution in [0.4, 0.5) is 0 Å². The van der Waals surface area contributed by atoms with Crippen LogP contribution >= 0.6 is 7.92 Å². The molecule has 2 heteroatoms. The van der Waals surface area contributed by atoms with Gasteiger partial charge in [0.1, 0.15) is 0 Å². The average molecular weight is 432 g/mol. The second kappa shape index (κ2) is 8.43. The fourth-order valence-corrected chi connectivity index (χ4v) is 4.09. The first-order chi connectivity index (χ1) is 12.2. The van der Waals surface area contributed by atoms with Gasteiger partial charge in [-0.25, -0.2) is 0 Å². The van der Waals surface area contributed by atoms with Crippen molar-refractivity contribution in [3.8, 4) is 0 Å². The van der Waals surface area contributed by atoms with Crippen molar-refractivity contribution in [3.05, 3.63) is 91.0 Å². The second-order valence-corrected chi connectivity index (χ2v) is 8.86. The maximum absolute atomic E-state index is 2.31. The number of fused-ring (bicyclic) bond motifs is 4. The average Bonchev–Trinajstić information content (AvgIpc) is 3.24. The number of rotatable bonds is 1. The van der Waals surface area contributed by atoms with Crippen molar-refractivity contribution >= 4 is 45.5 Å². The molecule has 0 atom stereocenters. The normalized spacial score (nSPS) is 10.7. The summed E-state index contributed by atoms with van der Waals surface area (Å²) < 4.78 is 0. The van der Waals surface area contributed by atoms with E-state index in [9.17, 15) is 0 Å². The molecule has 5 rings (SSSR count). The van der Waals surface area contributed by atoms with E-state index in [2.05, 4.69) is 104 Å². The number of benzene rings is 3. The van der Waals surface area contributed by atoms with Crippen LogP contribution in [0.1, 0.15) is 0 Å². The minimum Gasteiger partial charge on any atom is -0.161 e. The van der Waals surface area contributed by atoms with Gasteiger partial charge in [0.25, 0.3) is 0 Å². The first-order valence-electron chi connectivity index (χ1n) is 8.58. The van der Waals surface area contributed by atoms with Gasteiger partial charge in [-0.15, -0.1) is 88.0 Å². The van der Waals surface area contributed by atoms with Gasteiger partial charge in [0.2, 0.25) is 0 Å². The zero-order valence-corrected chi connectivity index (χ0v) is 18.5. The third-order valence-corrected chi connectivity index (χ3v) is 5.93. The standard InChI is InChI=1S/C13H9.C11H12P.Zr/c1-3-7-12-10(5-1)9-11-6-2-4-8-13(11)12;1-12(2)11-7-9-5-3-4-6-10(9)8-11;/h1-9H;3-8H,1-2H3;/q2*-1;+2. The van der Waals surface area contributed by atoms with Gasteiger partial charge in [0.05, 0.1) is 0 Å². The maximum Gasteiger partial charge on any atom is 2.00 e. The van der Waals surface area contributed by atoms with E-state index in [0.717, 1.165) is 0 Å². The Morgan fingerprint density at radius 2 is 1.12 bits per heavy atom. The summed E-state index contributed by atoms with van der Waals surface area (Å²) in [7, 11) is 0.0576. The van der Waals surface area contributed by atoms with Crippen LogP contribution in [0.25, 0.3) is 32.3 Å². The molecule has 0 bridgehead atoms. The molecule has 0 heterocycles. The van der Waals surface area contributed by atoms with E-state index < -0.39 is 0 Å². The summed E-state index contributed by atoms with van der Waals surface area (Å²) in [5.41, 5.74) is 0. The molecule has 26 heavy (non-hydrogen) atoms. The second-order valence-electron chi connectivity index (χ2n) is 6.56. The molecule has 0 saturated heterocycles. The SMILES string of the molecule is CP(C)c1cc2ccccc2[cH-]1.[Zr+2].c1ccc2c(c1)[cH-]c1ccccc12. The molecule has 0 saturated carbocycles. The third kappa shape index (κ3) is 3.90. The molecule has 0 N–H and O–H groups in total. The summed E-state index contributed by atoms with van der Waals surface area (Å²) in [5, 5.41) is 9.65. The zero-order valence-electron chi connectivity index (χ0n) is 15.1. The minimum atomic E-state index is 0. The quantitative estimate of drug-likeness (QED) is 0.206. The molecule has 0 unspecified atom stereocenters. The monoisotopic (exact) mass is 430 g/mol. The molecule has 0 spiro atoms. The van der Waals surface area contributed by atoms with Crippen LogP contribution in [-0.2, 0) is 26.2 Å². The molecule has 0 aliphatic heterocycles. The summed E-state index contributed by atoms with van der Waals surface area (Å²) >= 11 is 0. The maximum atomic E-state index is 2.31. The molecule has 0 aromatic heterocycles. The van der Waals surface area contributed by atoms with Gasteiger partial charge >= 0.3 is 26.2 Å². The van der Waals surface area contributed by atoms with Gasteiger partial charge in [-0.3, -0.25) is 0 Å². The van der Waals surface area contributed by atoms with E-state index in [0.29, 0.717) is 0 Å². The van der Waals surface area contributed by atoms with Gasteiger partial charge in [-0.1, -0.05) is 42.5 Å². The molecule has 0 nitrogen and oxygen atoms in total. The summed E-state index contributed by atoms with van der Waals surface area (Å²) in [6.07, 6.45) is 0. The van der Waals surface area contributed by atoms with Crippen LogP contribution in [0, 0.1) is 0 Å². The van der Waals surface area contributed by atoms with E-state index in [1.165, 1.54) is 37.6 Å². The summed E-state index contributed by atoms with van der Waals surface area (Å²) in [6.45, 7) is 4.59. The van der Waals surface area contributed by atoms with Crippen LogP contribution in [0.3, 0.4) is 0 Å². The van der Waals surface area contributed by atoms with E-state index >= 15 is 0 Å². The number of hydrogen-bond acceptors (Lipinski definition) is 0. The third-order valence-electron chi connectivity index (χ3n) is 4.64. The summed E-state index contributed by atoms with van der Waals surface area (Å²) in [4.78, 5) is 0. The molecule has 0 aliphatic carbocycles. The Balaban J connectivity index is 0.000000146. The van der Waals surface area contributed by atoms with Crippen molar-refractivity contribution in [1.29, 1.82) is 0 Å². The zero-order chi connectivity index (χ0) is 17.2. The van der Waals surface area contributed by atoms with E-state index in [-0.39, 0.29) is 34.1 Å². The van der Waals surface area contributed by atoms with Gasteiger partial charge in [-0.05, 0) is 13.3 Å². The first-order valence-corrected chi connectivity index (χ1v) is 10.8. The van der Waals surface area contributed by atoms with Crippen LogP contribution in [-0.4, -0.2) is 13.3 Å². The Bertz CT molecular complexity index is 1050. The van der Waals surface area contributed by atoms with Gasteiger partial charge in [0.15, 0.2) is 0 Å².